The zero-order valence-electron chi connectivity index (χ0n) is 11.7. The second kappa shape index (κ2) is 5.99. The molecule has 0 spiro atoms. The molecule has 2 rings (SSSR count). The van der Waals surface area contributed by atoms with Gasteiger partial charge in [0.05, 0.1) is 15.9 Å². The van der Waals surface area contributed by atoms with Crippen molar-refractivity contribution in [2.45, 2.75) is 32.6 Å². The Morgan fingerprint density at radius 2 is 1.95 bits per heavy atom. The number of nitro groups is 2. The van der Waals surface area contributed by atoms with E-state index < -0.39 is 9.85 Å². The predicted octanol–water partition coefficient (Wildman–Crippen LogP) is 3.05. The van der Waals surface area contributed by atoms with Crippen molar-refractivity contribution < 1.29 is 14.6 Å². The molecule has 0 heterocycles. The maximum absolute atomic E-state index is 11.9. The summed E-state index contributed by atoms with van der Waals surface area (Å²) in [7, 11) is 0. The normalized spacial score (nSPS) is 22.0. The molecule has 0 amide bonds. The van der Waals surface area contributed by atoms with Crippen LogP contribution in [0.3, 0.4) is 0 Å². The molecule has 21 heavy (non-hydrogen) atoms. The Morgan fingerprint density at radius 3 is 2.57 bits per heavy atom. The van der Waals surface area contributed by atoms with E-state index in [4.69, 9.17) is 0 Å². The fraction of sp³-hybridized carbons (Fsp3) is 0.500. The molecular formula is C14H16N2O5. The van der Waals surface area contributed by atoms with E-state index >= 15 is 0 Å². The van der Waals surface area contributed by atoms with Crippen molar-refractivity contribution in [3.05, 3.63) is 44.0 Å². The van der Waals surface area contributed by atoms with Crippen LogP contribution < -0.4 is 0 Å². The number of nitro benzene ring substituents is 2. The Balaban J connectivity index is 2.28. The number of carbonyl (C=O) groups is 1. The Kier molecular flexibility index (Phi) is 4.30. The molecule has 1 aliphatic rings. The highest BCUT2D eigenvalue weighted by Crippen LogP contribution is 2.32. The van der Waals surface area contributed by atoms with E-state index in [1.165, 1.54) is 12.1 Å². The minimum atomic E-state index is -0.662. The number of Topliss-reactive ketones (excluding diaryl/α,β-unsaturated/α-hetero) is 1. The number of non-ortho nitro benzene ring substituents is 1. The van der Waals surface area contributed by atoms with Gasteiger partial charge in [-0.05, 0) is 31.2 Å². The molecule has 0 N–H and O–H groups in total. The zero-order chi connectivity index (χ0) is 15.6. The molecule has 2 atom stereocenters. The van der Waals surface area contributed by atoms with E-state index in [2.05, 4.69) is 6.92 Å². The summed E-state index contributed by atoms with van der Waals surface area (Å²) in [6.45, 7) is 2.06. The first kappa shape index (κ1) is 15.1. The number of carbonyl (C=O) groups excluding carboxylic acids is 1. The molecule has 2 unspecified atom stereocenters. The van der Waals surface area contributed by atoms with Crippen molar-refractivity contribution in [1.82, 2.24) is 0 Å². The van der Waals surface area contributed by atoms with Gasteiger partial charge in [-0.3, -0.25) is 25.0 Å². The van der Waals surface area contributed by atoms with Crippen LogP contribution in [0.25, 0.3) is 0 Å². The fourth-order valence-corrected chi connectivity index (χ4v) is 2.80. The van der Waals surface area contributed by atoms with E-state index in [0.717, 1.165) is 12.5 Å². The molecule has 0 bridgehead atoms. The summed E-state index contributed by atoms with van der Waals surface area (Å²) >= 11 is 0. The van der Waals surface area contributed by atoms with Gasteiger partial charge in [0, 0.05) is 24.0 Å². The van der Waals surface area contributed by atoms with E-state index in [-0.39, 0.29) is 29.5 Å². The monoisotopic (exact) mass is 292 g/mol. The minimum absolute atomic E-state index is 0.126. The van der Waals surface area contributed by atoms with Gasteiger partial charge in [-0.25, -0.2) is 0 Å². The van der Waals surface area contributed by atoms with Crippen molar-refractivity contribution in [3.8, 4) is 0 Å². The first-order chi connectivity index (χ1) is 9.88. The van der Waals surface area contributed by atoms with Crippen molar-refractivity contribution in [2.24, 2.45) is 11.8 Å². The molecule has 0 saturated heterocycles. The summed E-state index contributed by atoms with van der Waals surface area (Å²) < 4.78 is 0. The summed E-state index contributed by atoms with van der Waals surface area (Å²) in [5.41, 5.74) is -0.206. The van der Waals surface area contributed by atoms with Gasteiger partial charge < -0.3 is 0 Å². The van der Waals surface area contributed by atoms with Crippen LogP contribution in [0.15, 0.2) is 18.2 Å². The molecule has 0 aromatic heterocycles. The quantitative estimate of drug-likeness (QED) is 0.626. The van der Waals surface area contributed by atoms with Gasteiger partial charge in [0.2, 0.25) is 0 Å². The lowest BCUT2D eigenvalue weighted by molar-refractivity contribution is -0.394. The Morgan fingerprint density at radius 1 is 1.24 bits per heavy atom. The molecule has 0 radical (unpaired) electrons. The topological polar surface area (TPSA) is 103 Å². The molecular weight excluding hydrogens is 276 g/mol. The molecule has 112 valence electrons. The predicted molar refractivity (Wildman–Crippen MR) is 75.0 cm³/mol. The second-order valence-corrected chi connectivity index (χ2v) is 5.57. The summed E-state index contributed by atoms with van der Waals surface area (Å²) in [6, 6.07) is 3.61. The van der Waals surface area contributed by atoms with Gasteiger partial charge in [-0.1, -0.05) is 6.92 Å². The lowest BCUT2D eigenvalue weighted by atomic mass is 9.78. The third-order valence-electron chi connectivity index (χ3n) is 3.97. The number of ketones is 1. The lowest BCUT2D eigenvalue weighted by Gasteiger charge is -2.25. The van der Waals surface area contributed by atoms with Crippen molar-refractivity contribution in [2.75, 3.05) is 0 Å². The van der Waals surface area contributed by atoms with Gasteiger partial charge in [-0.15, -0.1) is 0 Å². The highest BCUT2D eigenvalue weighted by molar-refractivity contribution is 5.82. The van der Waals surface area contributed by atoms with Crippen LogP contribution in [0.2, 0.25) is 0 Å². The smallest absolute Gasteiger partial charge is 0.279 e. The molecule has 1 saturated carbocycles. The molecule has 1 aliphatic carbocycles. The van der Waals surface area contributed by atoms with Crippen molar-refractivity contribution in [1.29, 1.82) is 0 Å². The van der Waals surface area contributed by atoms with Gasteiger partial charge >= 0.3 is 0 Å². The van der Waals surface area contributed by atoms with E-state index in [1.54, 1.807) is 0 Å². The molecule has 0 aliphatic heterocycles. The van der Waals surface area contributed by atoms with E-state index in [9.17, 15) is 25.0 Å². The van der Waals surface area contributed by atoms with Crippen molar-refractivity contribution >= 4 is 17.2 Å². The highest BCUT2D eigenvalue weighted by Gasteiger charge is 2.29. The first-order valence-corrected chi connectivity index (χ1v) is 6.83. The molecule has 7 heteroatoms. The van der Waals surface area contributed by atoms with E-state index in [1.807, 2.05) is 0 Å². The van der Waals surface area contributed by atoms with Crippen LogP contribution in [0.5, 0.6) is 0 Å². The zero-order valence-corrected chi connectivity index (χ0v) is 11.7. The maximum atomic E-state index is 11.9. The molecule has 1 aromatic rings. The van der Waals surface area contributed by atoms with Crippen LogP contribution in [0.1, 0.15) is 31.7 Å². The number of nitrogens with zero attached hydrogens (tertiary/aromatic N) is 2. The van der Waals surface area contributed by atoms with Crippen molar-refractivity contribution in [3.63, 3.8) is 0 Å². The Labute approximate surface area is 121 Å². The van der Waals surface area contributed by atoms with Gasteiger partial charge in [-0.2, -0.15) is 0 Å². The summed E-state index contributed by atoms with van der Waals surface area (Å²) in [5.74, 6) is 0.319. The summed E-state index contributed by atoms with van der Waals surface area (Å²) in [4.78, 5) is 32.4. The fourth-order valence-electron chi connectivity index (χ4n) is 2.80. The third kappa shape index (κ3) is 3.42. The van der Waals surface area contributed by atoms with Crippen LogP contribution >= 0.6 is 0 Å². The van der Waals surface area contributed by atoms with Crippen LogP contribution in [0, 0.1) is 32.1 Å². The number of hydrogen-bond acceptors (Lipinski definition) is 5. The molecule has 1 fully saturated rings. The first-order valence-electron chi connectivity index (χ1n) is 6.83. The van der Waals surface area contributed by atoms with Crippen LogP contribution in [-0.2, 0) is 11.2 Å². The van der Waals surface area contributed by atoms with Crippen LogP contribution in [-0.4, -0.2) is 15.6 Å². The highest BCUT2D eigenvalue weighted by atomic mass is 16.6. The maximum Gasteiger partial charge on any atom is 0.279 e. The summed E-state index contributed by atoms with van der Waals surface area (Å²) in [6.07, 6.45) is 2.36. The number of rotatable bonds is 4. The van der Waals surface area contributed by atoms with Gasteiger partial charge in [0.25, 0.3) is 11.4 Å². The van der Waals surface area contributed by atoms with Gasteiger partial charge in [0.1, 0.15) is 5.78 Å². The van der Waals surface area contributed by atoms with Gasteiger partial charge in [0.15, 0.2) is 0 Å². The standard InChI is InChI=1S/C14H16N2O5/c1-9-2-5-14(17)11(6-9)7-10-3-4-12(15(18)19)8-13(10)16(20)21/h3-4,8-9,11H,2,5-7H2,1H3. The molecule has 1 aromatic carbocycles. The lowest BCUT2D eigenvalue weighted by Crippen LogP contribution is -2.25. The minimum Gasteiger partial charge on any atom is -0.299 e. The average molecular weight is 292 g/mol. The summed E-state index contributed by atoms with van der Waals surface area (Å²) in [5, 5.41) is 21.8. The Bertz CT molecular complexity index is 599. The SMILES string of the molecule is CC1CCC(=O)C(Cc2ccc([N+](=O)[O-])cc2[N+](=O)[O-])C1. The molecule has 7 nitrogen and oxygen atoms in total. The third-order valence-corrected chi connectivity index (χ3v) is 3.97. The number of hydrogen-bond donors (Lipinski definition) is 0. The number of benzene rings is 1. The average Bonchev–Trinajstić information content (AvgIpc) is 2.42. The van der Waals surface area contributed by atoms with E-state index in [0.29, 0.717) is 24.3 Å². The second-order valence-electron chi connectivity index (χ2n) is 5.57. The Hall–Kier alpha value is -2.31. The largest absolute Gasteiger partial charge is 0.299 e. The van der Waals surface area contributed by atoms with Crippen LogP contribution in [0.4, 0.5) is 11.4 Å².